The Hall–Kier alpha value is -1.70. The first kappa shape index (κ1) is 17.4. The third kappa shape index (κ3) is 4.96. The molecule has 0 spiro atoms. The minimum Gasteiger partial charge on any atom is -0.480 e. The predicted molar refractivity (Wildman–Crippen MR) is 80.5 cm³/mol. The summed E-state index contributed by atoms with van der Waals surface area (Å²) in [6.45, 7) is 5.36. The monoisotopic (exact) mass is 315 g/mol. The molecule has 1 aromatic rings. The van der Waals surface area contributed by atoms with Gasteiger partial charge in [0.05, 0.1) is 11.7 Å². The molecule has 1 heterocycles. The maximum absolute atomic E-state index is 11.9. The van der Waals surface area contributed by atoms with Gasteiger partial charge in [0.15, 0.2) is 0 Å². The molecule has 0 bridgehead atoms. The Bertz CT molecular complexity index is 484. The number of nitrogens with zero attached hydrogens (tertiary/aromatic N) is 1. The van der Waals surface area contributed by atoms with E-state index in [1.54, 1.807) is 20.8 Å². The van der Waals surface area contributed by atoms with Gasteiger partial charge in [0.2, 0.25) is 0 Å². The minimum atomic E-state index is -1.04. The topological polar surface area (TPSA) is 104 Å². The Kier molecular flexibility index (Phi) is 6.54. The van der Waals surface area contributed by atoms with Gasteiger partial charge in [0, 0.05) is 5.56 Å². The highest BCUT2D eigenvalue weighted by Crippen LogP contribution is 2.20. The number of aromatic nitrogens is 1. The van der Waals surface area contributed by atoms with Crippen LogP contribution in [0.15, 0.2) is 4.52 Å². The summed E-state index contributed by atoms with van der Waals surface area (Å²) in [5, 5.41) is 18.1. The predicted octanol–water partition coefficient (Wildman–Crippen LogP) is 1.86. The van der Waals surface area contributed by atoms with Crippen molar-refractivity contribution in [3.05, 3.63) is 17.0 Å². The second kappa shape index (κ2) is 7.92. The number of carbonyl (C=O) groups is 2. The van der Waals surface area contributed by atoms with Crippen molar-refractivity contribution < 1.29 is 19.2 Å². The van der Waals surface area contributed by atoms with Gasteiger partial charge in [0.1, 0.15) is 11.8 Å². The van der Waals surface area contributed by atoms with E-state index in [1.165, 1.54) is 11.8 Å². The van der Waals surface area contributed by atoms with Gasteiger partial charge >= 0.3 is 12.0 Å². The molecule has 2 atom stereocenters. The van der Waals surface area contributed by atoms with Crippen LogP contribution < -0.4 is 10.6 Å². The summed E-state index contributed by atoms with van der Waals surface area (Å²) < 4.78 is 5.05. The summed E-state index contributed by atoms with van der Waals surface area (Å²) in [6, 6.07) is -1.73. The number of hydrogen-bond acceptors (Lipinski definition) is 5. The molecular weight excluding hydrogens is 294 g/mol. The fourth-order valence-corrected chi connectivity index (χ4v) is 2.54. The van der Waals surface area contributed by atoms with E-state index in [-0.39, 0.29) is 6.04 Å². The highest BCUT2D eigenvalue weighted by Gasteiger charge is 2.22. The molecule has 8 heteroatoms. The molecular formula is C13H21N3O4S. The Labute approximate surface area is 127 Å². The summed E-state index contributed by atoms with van der Waals surface area (Å²) in [7, 11) is 0. The highest BCUT2D eigenvalue weighted by molar-refractivity contribution is 7.98. The lowest BCUT2D eigenvalue weighted by Gasteiger charge is -2.18. The molecule has 1 aromatic heterocycles. The first-order valence-corrected chi connectivity index (χ1v) is 7.97. The number of carbonyl (C=O) groups excluding carboxylic acids is 1. The third-order valence-corrected chi connectivity index (χ3v) is 3.73. The highest BCUT2D eigenvalue weighted by atomic mass is 32.2. The van der Waals surface area contributed by atoms with Crippen LogP contribution in [0.2, 0.25) is 0 Å². The molecule has 2 amide bonds. The van der Waals surface area contributed by atoms with Crippen LogP contribution in [0.1, 0.15) is 36.4 Å². The number of nitrogens with one attached hydrogen (secondary N) is 2. The van der Waals surface area contributed by atoms with Crippen molar-refractivity contribution in [1.29, 1.82) is 0 Å². The van der Waals surface area contributed by atoms with Crippen molar-refractivity contribution in [1.82, 2.24) is 15.8 Å². The number of carboxylic acid groups (broad SMARTS) is 1. The number of amides is 2. The maximum Gasteiger partial charge on any atom is 0.326 e. The summed E-state index contributed by atoms with van der Waals surface area (Å²) in [5.41, 5.74) is 1.51. The lowest BCUT2D eigenvalue weighted by molar-refractivity contribution is -0.139. The van der Waals surface area contributed by atoms with Crippen molar-refractivity contribution in [3.63, 3.8) is 0 Å². The van der Waals surface area contributed by atoms with E-state index in [9.17, 15) is 9.59 Å². The van der Waals surface area contributed by atoms with Crippen LogP contribution >= 0.6 is 11.8 Å². The molecule has 0 aliphatic heterocycles. The first-order chi connectivity index (χ1) is 9.86. The smallest absolute Gasteiger partial charge is 0.326 e. The van der Waals surface area contributed by atoms with E-state index in [1.807, 2.05) is 6.26 Å². The Morgan fingerprint density at radius 1 is 1.38 bits per heavy atom. The van der Waals surface area contributed by atoms with Gasteiger partial charge in [-0.2, -0.15) is 11.8 Å². The number of thioether (sulfide) groups is 1. The van der Waals surface area contributed by atoms with Crippen LogP contribution in [0.5, 0.6) is 0 Å². The molecule has 118 valence electrons. The molecule has 2 unspecified atom stereocenters. The number of hydrogen-bond donors (Lipinski definition) is 3. The van der Waals surface area contributed by atoms with Crippen molar-refractivity contribution in [2.45, 2.75) is 39.3 Å². The molecule has 0 radical (unpaired) electrons. The van der Waals surface area contributed by atoms with Gasteiger partial charge in [-0.15, -0.1) is 0 Å². The largest absolute Gasteiger partial charge is 0.480 e. The van der Waals surface area contributed by atoms with E-state index in [0.29, 0.717) is 23.6 Å². The van der Waals surface area contributed by atoms with Gasteiger partial charge in [-0.25, -0.2) is 9.59 Å². The fourth-order valence-electron chi connectivity index (χ4n) is 2.07. The van der Waals surface area contributed by atoms with Crippen LogP contribution in [0.3, 0.4) is 0 Å². The van der Waals surface area contributed by atoms with Crippen molar-refractivity contribution in [2.24, 2.45) is 0 Å². The molecule has 7 nitrogen and oxygen atoms in total. The van der Waals surface area contributed by atoms with Crippen molar-refractivity contribution in [3.8, 4) is 0 Å². The SMILES string of the molecule is CSCCC(NC(=O)NC(C)c1c(C)noc1C)C(=O)O. The Morgan fingerprint density at radius 3 is 2.52 bits per heavy atom. The van der Waals surface area contributed by atoms with Gasteiger partial charge in [-0.3, -0.25) is 0 Å². The second-order valence-electron chi connectivity index (χ2n) is 4.75. The van der Waals surface area contributed by atoms with E-state index in [2.05, 4.69) is 15.8 Å². The molecule has 0 aliphatic carbocycles. The van der Waals surface area contributed by atoms with E-state index in [0.717, 1.165) is 5.56 Å². The second-order valence-corrected chi connectivity index (χ2v) is 5.74. The van der Waals surface area contributed by atoms with Gasteiger partial charge in [0.25, 0.3) is 0 Å². The van der Waals surface area contributed by atoms with Crippen LogP contribution in [-0.4, -0.2) is 40.3 Å². The minimum absolute atomic E-state index is 0.314. The molecule has 0 aliphatic rings. The zero-order valence-corrected chi connectivity index (χ0v) is 13.4. The standard InChI is InChI=1S/C13H21N3O4S/c1-7(11-8(2)16-20-9(11)3)14-13(19)15-10(12(17)18)5-6-21-4/h7,10H,5-6H2,1-4H3,(H,17,18)(H2,14,15,19). The molecule has 0 saturated heterocycles. The van der Waals surface area contributed by atoms with Crippen LogP contribution in [-0.2, 0) is 4.79 Å². The van der Waals surface area contributed by atoms with Gasteiger partial charge in [-0.05, 0) is 39.2 Å². The summed E-state index contributed by atoms with van der Waals surface area (Å²) in [5.74, 6) is 0.262. The fraction of sp³-hybridized carbons (Fsp3) is 0.615. The van der Waals surface area contributed by atoms with Crippen molar-refractivity contribution in [2.75, 3.05) is 12.0 Å². The molecule has 1 rings (SSSR count). The molecule has 0 aromatic carbocycles. The van der Waals surface area contributed by atoms with E-state index in [4.69, 9.17) is 9.63 Å². The molecule has 0 fully saturated rings. The lowest BCUT2D eigenvalue weighted by atomic mass is 10.1. The Morgan fingerprint density at radius 2 is 2.05 bits per heavy atom. The molecule has 0 saturated carbocycles. The van der Waals surface area contributed by atoms with Crippen LogP contribution in [0, 0.1) is 13.8 Å². The zero-order valence-electron chi connectivity index (χ0n) is 12.6. The summed E-state index contributed by atoms with van der Waals surface area (Å²) in [6.07, 6.45) is 2.27. The molecule has 21 heavy (non-hydrogen) atoms. The zero-order chi connectivity index (χ0) is 16.0. The first-order valence-electron chi connectivity index (χ1n) is 6.58. The summed E-state index contributed by atoms with van der Waals surface area (Å²) >= 11 is 1.53. The van der Waals surface area contributed by atoms with Crippen molar-refractivity contribution >= 4 is 23.8 Å². The average Bonchev–Trinajstić information content (AvgIpc) is 2.73. The molecule has 3 N–H and O–H groups in total. The van der Waals surface area contributed by atoms with Gasteiger partial charge in [-0.1, -0.05) is 5.16 Å². The number of aryl methyl sites for hydroxylation is 2. The normalized spacial score (nSPS) is 13.5. The van der Waals surface area contributed by atoms with Crippen LogP contribution in [0.25, 0.3) is 0 Å². The summed E-state index contributed by atoms with van der Waals surface area (Å²) in [4.78, 5) is 23.0. The Balaban J connectivity index is 2.61. The lowest BCUT2D eigenvalue weighted by Crippen LogP contribution is -2.46. The van der Waals surface area contributed by atoms with Crippen LogP contribution in [0.4, 0.5) is 4.79 Å². The average molecular weight is 315 g/mol. The number of rotatable bonds is 7. The van der Waals surface area contributed by atoms with Gasteiger partial charge < -0.3 is 20.3 Å². The third-order valence-electron chi connectivity index (χ3n) is 3.08. The number of aliphatic carboxylic acids is 1. The van der Waals surface area contributed by atoms with E-state index >= 15 is 0 Å². The van der Waals surface area contributed by atoms with E-state index < -0.39 is 18.0 Å². The quantitative estimate of drug-likeness (QED) is 0.709. The maximum atomic E-state index is 11.9. The number of carboxylic acids is 1. The number of urea groups is 1.